The second kappa shape index (κ2) is 5.82. The van der Waals surface area contributed by atoms with Gasteiger partial charge in [-0.15, -0.1) is 0 Å². The summed E-state index contributed by atoms with van der Waals surface area (Å²) >= 11 is 0. The summed E-state index contributed by atoms with van der Waals surface area (Å²) in [6, 6.07) is 7.74. The zero-order valence-electron chi connectivity index (χ0n) is 10.1. The summed E-state index contributed by atoms with van der Waals surface area (Å²) in [7, 11) is 0. The van der Waals surface area contributed by atoms with Crippen molar-refractivity contribution in [3.05, 3.63) is 29.8 Å². The summed E-state index contributed by atoms with van der Waals surface area (Å²) in [5.41, 5.74) is 1.04. The first kappa shape index (κ1) is 12.1. The highest BCUT2D eigenvalue weighted by atomic mass is 16.5. The number of Topliss-reactive ketones (excluding diaryl/α,β-unsaturated/α-hetero) is 1. The van der Waals surface area contributed by atoms with Crippen LogP contribution in [0.5, 0.6) is 5.75 Å². The summed E-state index contributed by atoms with van der Waals surface area (Å²) < 4.78 is 11.0. The van der Waals surface area contributed by atoms with Crippen LogP contribution in [0.25, 0.3) is 0 Å². The van der Waals surface area contributed by atoms with Gasteiger partial charge in [-0.05, 0) is 31.0 Å². The van der Waals surface area contributed by atoms with E-state index in [2.05, 4.69) is 0 Å². The average Bonchev–Trinajstić information content (AvgIpc) is 2.80. The number of hydrogen-bond acceptors (Lipinski definition) is 3. The number of hydrogen-bond donors (Lipinski definition) is 0. The molecule has 0 N–H and O–H groups in total. The van der Waals surface area contributed by atoms with E-state index in [0.29, 0.717) is 18.9 Å². The molecule has 0 aliphatic carbocycles. The smallest absolute Gasteiger partial charge is 0.134 e. The molecule has 1 aliphatic rings. The number of ketones is 1. The molecule has 3 nitrogen and oxygen atoms in total. The molecular formula is C14H18O3. The van der Waals surface area contributed by atoms with Crippen LogP contribution in [0.3, 0.4) is 0 Å². The third-order valence-electron chi connectivity index (χ3n) is 2.89. The maximum Gasteiger partial charge on any atom is 0.134 e. The lowest BCUT2D eigenvalue weighted by molar-refractivity contribution is -0.116. The zero-order valence-corrected chi connectivity index (χ0v) is 10.1. The van der Waals surface area contributed by atoms with Gasteiger partial charge in [-0.3, -0.25) is 4.79 Å². The first-order valence-electron chi connectivity index (χ1n) is 6.03. The lowest BCUT2D eigenvalue weighted by Gasteiger charge is -2.10. The van der Waals surface area contributed by atoms with E-state index in [0.717, 1.165) is 30.9 Å². The molecule has 1 atom stereocenters. The molecule has 3 heteroatoms. The van der Waals surface area contributed by atoms with Crippen LogP contribution in [-0.4, -0.2) is 25.6 Å². The van der Waals surface area contributed by atoms with Gasteiger partial charge in [-0.2, -0.15) is 0 Å². The monoisotopic (exact) mass is 234 g/mol. The fraction of sp³-hybridized carbons (Fsp3) is 0.500. The van der Waals surface area contributed by atoms with Crippen molar-refractivity contribution in [3.63, 3.8) is 0 Å². The van der Waals surface area contributed by atoms with E-state index in [-0.39, 0.29) is 5.78 Å². The average molecular weight is 234 g/mol. The van der Waals surface area contributed by atoms with Crippen molar-refractivity contribution in [3.8, 4) is 5.75 Å². The van der Waals surface area contributed by atoms with Crippen molar-refractivity contribution in [1.82, 2.24) is 0 Å². The van der Waals surface area contributed by atoms with E-state index in [1.165, 1.54) is 0 Å². The van der Waals surface area contributed by atoms with Gasteiger partial charge in [0, 0.05) is 18.9 Å². The standard InChI is InChI=1S/C14H18O3/c1-11(15)8-12-2-4-14(5-3-12)17-10-13-6-7-16-9-13/h2-5,13H,6-10H2,1H3. The quantitative estimate of drug-likeness (QED) is 0.783. The minimum atomic E-state index is 0.182. The number of ether oxygens (including phenoxy) is 2. The van der Waals surface area contributed by atoms with Gasteiger partial charge in [0.05, 0.1) is 13.2 Å². The largest absolute Gasteiger partial charge is 0.493 e. The summed E-state index contributed by atoms with van der Waals surface area (Å²) in [6.45, 7) is 3.98. The highest BCUT2D eigenvalue weighted by molar-refractivity contribution is 5.78. The molecule has 1 unspecified atom stereocenters. The second-order valence-corrected chi connectivity index (χ2v) is 4.56. The zero-order chi connectivity index (χ0) is 12.1. The third-order valence-corrected chi connectivity index (χ3v) is 2.89. The Labute approximate surface area is 102 Å². The molecule has 17 heavy (non-hydrogen) atoms. The van der Waals surface area contributed by atoms with Crippen LogP contribution >= 0.6 is 0 Å². The Morgan fingerprint density at radius 3 is 2.76 bits per heavy atom. The Kier molecular flexibility index (Phi) is 4.15. The molecular weight excluding hydrogens is 216 g/mol. The van der Waals surface area contributed by atoms with E-state index in [4.69, 9.17) is 9.47 Å². The summed E-state index contributed by atoms with van der Waals surface area (Å²) in [6.07, 6.45) is 1.58. The summed E-state index contributed by atoms with van der Waals surface area (Å²) in [4.78, 5) is 11.0. The van der Waals surface area contributed by atoms with Crippen LogP contribution in [0.4, 0.5) is 0 Å². The maximum absolute atomic E-state index is 11.0. The molecule has 0 radical (unpaired) electrons. The Morgan fingerprint density at radius 1 is 1.41 bits per heavy atom. The number of rotatable bonds is 5. The van der Waals surface area contributed by atoms with Crippen molar-refractivity contribution in [2.24, 2.45) is 5.92 Å². The SMILES string of the molecule is CC(=O)Cc1ccc(OCC2CCOC2)cc1. The van der Waals surface area contributed by atoms with Gasteiger partial charge in [0.1, 0.15) is 11.5 Å². The second-order valence-electron chi connectivity index (χ2n) is 4.56. The van der Waals surface area contributed by atoms with Crippen LogP contribution in [0, 0.1) is 5.92 Å². The summed E-state index contributed by atoms with van der Waals surface area (Å²) in [5, 5.41) is 0. The molecule has 0 saturated carbocycles. The van der Waals surface area contributed by atoms with Crippen LogP contribution in [-0.2, 0) is 16.0 Å². The predicted molar refractivity (Wildman–Crippen MR) is 65.2 cm³/mol. The molecule has 2 rings (SSSR count). The van der Waals surface area contributed by atoms with Gasteiger partial charge in [-0.1, -0.05) is 12.1 Å². The van der Waals surface area contributed by atoms with Gasteiger partial charge in [-0.25, -0.2) is 0 Å². The molecule has 1 aliphatic heterocycles. The minimum absolute atomic E-state index is 0.182. The lowest BCUT2D eigenvalue weighted by Crippen LogP contribution is -2.11. The van der Waals surface area contributed by atoms with Crippen molar-refractivity contribution < 1.29 is 14.3 Å². The number of benzene rings is 1. The normalized spacial score (nSPS) is 19.2. The Hall–Kier alpha value is -1.35. The van der Waals surface area contributed by atoms with Gasteiger partial charge < -0.3 is 9.47 Å². The van der Waals surface area contributed by atoms with Gasteiger partial charge in [0.2, 0.25) is 0 Å². The minimum Gasteiger partial charge on any atom is -0.493 e. The van der Waals surface area contributed by atoms with Crippen LogP contribution < -0.4 is 4.74 Å². The highest BCUT2D eigenvalue weighted by Gasteiger charge is 2.15. The third kappa shape index (κ3) is 3.86. The molecule has 92 valence electrons. The predicted octanol–water partition coefficient (Wildman–Crippen LogP) is 2.23. The van der Waals surface area contributed by atoms with Crippen molar-refractivity contribution in [2.75, 3.05) is 19.8 Å². The van der Waals surface area contributed by atoms with Gasteiger partial charge >= 0.3 is 0 Å². The highest BCUT2D eigenvalue weighted by Crippen LogP contribution is 2.17. The molecule has 0 aromatic heterocycles. The van der Waals surface area contributed by atoms with Crippen molar-refractivity contribution >= 4 is 5.78 Å². The molecule has 0 spiro atoms. The first-order valence-corrected chi connectivity index (χ1v) is 6.03. The van der Waals surface area contributed by atoms with Gasteiger partial charge in [0.15, 0.2) is 0 Å². The van der Waals surface area contributed by atoms with Crippen molar-refractivity contribution in [1.29, 1.82) is 0 Å². The van der Waals surface area contributed by atoms with E-state index in [1.807, 2.05) is 24.3 Å². The lowest BCUT2D eigenvalue weighted by atomic mass is 10.1. The molecule has 1 aromatic rings. The first-order chi connectivity index (χ1) is 8.24. The fourth-order valence-corrected chi connectivity index (χ4v) is 1.92. The molecule has 1 heterocycles. The Morgan fingerprint density at radius 2 is 2.18 bits per heavy atom. The number of carbonyl (C=O) groups excluding carboxylic acids is 1. The van der Waals surface area contributed by atoms with Crippen LogP contribution in [0.15, 0.2) is 24.3 Å². The van der Waals surface area contributed by atoms with E-state index in [9.17, 15) is 4.79 Å². The van der Waals surface area contributed by atoms with Crippen LogP contribution in [0.1, 0.15) is 18.9 Å². The fourth-order valence-electron chi connectivity index (χ4n) is 1.92. The maximum atomic E-state index is 11.0. The molecule has 0 amide bonds. The topological polar surface area (TPSA) is 35.5 Å². The molecule has 1 saturated heterocycles. The number of carbonyl (C=O) groups is 1. The van der Waals surface area contributed by atoms with E-state index in [1.54, 1.807) is 6.92 Å². The summed E-state index contributed by atoms with van der Waals surface area (Å²) in [5.74, 6) is 1.57. The van der Waals surface area contributed by atoms with E-state index >= 15 is 0 Å². The Bertz CT molecular complexity index is 364. The Balaban J connectivity index is 1.82. The van der Waals surface area contributed by atoms with Crippen molar-refractivity contribution in [2.45, 2.75) is 19.8 Å². The van der Waals surface area contributed by atoms with Crippen LogP contribution in [0.2, 0.25) is 0 Å². The van der Waals surface area contributed by atoms with E-state index < -0.39 is 0 Å². The van der Waals surface area contributed by atoms with Gasteiger partial charge in [0.25, 0.3) is 0 Å². The molecule has 1 fully saturated rings. The molecule has 1 aromatic carbocycles. The molecule has 0 bridgehead atoms.